The number of imide groups is 1. The number of nitro groups is 1. The second kappa shape index (κ2) is 6.54. The average molecular weight is 361 g/mol. The van der Waals surface area contributed by atoms with Crippen molar-refractivity contribution in [2.75, 3.05) is 6.54 Å². The lowest BCUT2D eigenvalue weighted by atomic mass is 10.1. The summed E-state index contributed by atoms with van der Waals surface area (Å²) in [5.74, 6) is -3.18. The van der Waals surface area contributed by atoms with E-state index in [0.29, 0.717) is 4.90 Å². The third kappa shape index (κ3) is 3.25. The molecule has 1 fully saturated rings. The largest absolute Gasteiger partial charge is 0.451 e. The van der Waals surface area contributed by atoms with Gasteiger partial charge in [0.2, 0.25) is 0 Å². The van der Waals surface area contributed by atoms with Crippen LogP contribution in [-0.4, -0.2) is 52.2 Å². The Morgan fingerprint density at radius 3 is 2.65 bits per heavy atom. The normalized spacial score (nSPS) is 16.9. The molecule has 1 aliphatic heterocycles. The van der Waals surface area contributed by atoms with E-state index in [-0.39, 0.29) is 17.2 Å². The van der Waals surface area contributed by atoms with Gasteiger partial charge in [-0.25, -0.2) is 0 Å². The molecule has 26 heavy (non-hydrogen) atoms. The topological polar surface area (TPSA) is 136 Å². The summed E-state index contributed by atoms with van der Waals surface area (Å²) >= 11 is 0. The van der Waals surface area contributed by atoms with Gasteiger partial charge in [-0.1, -0.05) is 6.07 Å². The van der Waals surface area contributed by atoms with Crippen molar-refractivity contribution in [2.24, 2.45) is 0 Å². The molecule has 0 saturated heterocycles. The van der Waals surface area contributed by atoms with Crippen LogP contribution in [-0.2, 0) is 14.3 Å². The van der Waals surface area contributed by atoms with Gasteiger partial charge in [0.1, 0.15) is 12.1 Å². The molecule has 3 amide bonds. The van der Waals surface area contributed by atoms with Gasteiger partial charge < -0.3 is 10.1 Å². The first kappa shape index (κ1) is 17.5. The Kier molecular flexibility index (Phi) is 4.41. The smallest absolute Gasteiger partial charge is 0.326 e. The fraction of sp³-hybridized carbons (Fsp3) is 0.375. The van der Waals surface area contributed by atoms with Crippen molar-refractivity contribution >= 4 is 29.4 Å². The Hall–Kier alpha value is -3.30. The molecular weight excluding hydrogens is 346 g/mol. The number of rotatable bonds is 6. The summed E-state index contributed by atoms with van der Waals surface area (Å²) < 4.78 is 4.94. The molecule has 1 aliphatic carbocycles. The van der Waals surface area contributed by atoms with Crippen molar-refractivity contribution in [3.63, 3.8) is 0 Å². The van der Waals surface area contributed by atoms with Crippen LogP contribution in [0.2, 0.25) is 0 Å². The minimum atomic E-state index is -1.08. The maximum atomic E-state index is 12.4. The molecule has 0 unspecified atom stereocenters. The highest BCUT2D eigenvalue weighted by atomic mass is 16.6. The van der Waals surface area contributed by atoms with Crippen molar-refractivity contribution in [2.45, 2.75) is 31.9 Å². The maximum absolute atomic E-state index is 12.4. The third-order valence-corrected chi connectivity index (χ3v) is 4.06. The number of benzene rings is 1. The summed E-state index contributed by atoms with van der Waals surface area (Å²) in [5, 5.41) is 13.7. The van der Waals surface area contributed by atoms with E-state index >= 15 is 0 Å². The number of amides is 3. The Balaban J connectivity index is 1.68. The van der Waals surface area contributed by atoms with Gasteiger partial charge in [-0.15, -0.1) is 0 Å². The lowest BCUT2D eigenvalue weighted by Crippen LogP contribution is -2.41. The first-order chi connectivity index (χ1) is 12.3. The molecular formula is C16H15N3O7. The average Bonchev–Trinajstić information content (AvgIpc) is 3.37. The third-order valence-electron chi connectivity index (χ3n) is 4.06. The molecule has 0 aromatic heterocycles. The van der Waals surface area contributed by atoms with Gasteiger partial charge in [-0.2, -0.15) is 0 Å². The molecule has 1 N–H and O–H groups in total. The molecule has 1 heterocycles. The first-order valence-corrected chi connectivity index (χ1v) is 7.93. The Morgan fingerprint density at radius 2 is 2.04 bits per heavy atom. The number of carbonyl (C=O) groups excluding carboxylic acids is 4. The van der Waals surface area contributed by atoms with E-state index in [1.807, 2.05) is 0 Å². The fourth-order valence-electron chi connectivity index (χ4n) is 2.57. The van der Waals surface area contributed by atoms with E-state index in [4.69, 9.17) is 4.74 Å². The van der Waals surface area contributed by atoms with Crippen LogP contribution in [0.25, 0.3) is 0 Å². The summed E-state index contributed by atoms with van der Waals surface area (Å²) in [6, 6.07) is 3.77. The van der Waals surface area contributed by atoms with E-state index in [2.05, 4.69) is 5.32 Å². The SMILES string of the molecule is C[C@@H](OC(=O)CN1C(=O)c2cccc([N+](=O)[O-])c2C1=O)C(=O)NC1CC1. The number of nitrogens with one attached hydrogen (secondary N) is 1. The second-order valence-corrected chi connectivity index (χ2v) is 6.07. The van der Waals surface area contributed by atoms with Gasteiger partial charge in [-0.05, 0) is 25.8 Å². The number of nitrogens with zero attached hydrogens (tertiary/aromatic N) is 2. The molecule has 3 rings (SSSR count). The molecule has 1 aromatic carbocycles. The molecule has 2 aliphatic rings. The summed E-state index contributed by atoms with van der Waals surface area (Å²) in [7, 11) is 0. The van der Waals surface area contributed by atoms with Crippen molar-refractivity contribution in [3.8, 4) is 0 Å². The van der Waals surface area contributed by atoms with Gasteiger partial charge >= 0.3 is 5.97 Å². The number of hydrogen-bond donors (Lipinski definition) is 1. The van der Waals surface area contributed by atoms with Crippen LogP contribution in [0.4, 0.5) is 5.69 Å². The molecule has 0 radical (unpaired) electrons. The van der Waals surface area contributed by atoms with Crippen molar-refractivity contribution in [3.05, 3.63) is 39.4 Å². The van der Waals surface area contributed by atoms with Crippen LogP contribution in [0, 0.1) is 10.1 Å². The maximum Gasteiger partial charge on any atom is 0.326 e. The van der Waals surface area contributed by atoms with Crippen molar-refractivity contribution < 1.29 is 28.8 Å². The zero-order valence-corrected chi connectivity index (χ0v) is 13.8. The quantitative estimate of drug-likeness (QED) is 0.335. The standard InChI is InChI=1S/C16H15N3O7/c1-8(14(21)17-9-5-6-9)26-12(20)7-18-15(22)10-3-2-4-11(19(24)25)13(10)16(18)23/h2-4,8-9H,5-7H2,1H3,(H,17,21)/t8-/m1/s1. The number of carbonyl (C=O) groups is 4. The Morgan fingerprint density at radius 1 is 1.35 bits per heavy atom. The predicted molar refractivity (Wildman–Crippen MR) is 85.2 cm³/mol. The zero-order chi connectivity index (χ0) is 19.0. The molecule has 10 heteroatoms. The van der Waals surface area contributed by atoms with E-state index in [1.54, 1.807) is 0 Å². The van der Waals surface area contributed by atoms with E-state index in [0.717, 1.165) is 18.9 Å². The molecule has 136 valence electrons. The monoisotopic (exact) mass is 361 g/mol. The van der Waals surface area contributed by atoms with Crippen LogP contribution in [0.15, 0.2) is 18.2 Å². The van der Waals surface area contributed by atoms with E-state index in [9.17, 15) is 29.3 Å². The highest BCUT2D eigenvalue weighted by molar-refractivity contribution is 6.24. The number of esters is 1. The van der Waals surface area contributed by atoms with Crippen LogP contribution < -0.4 is 5.32 Å². The lowest BCUT2D eigenvalue weighted by Gasteiger charge is -2.16. The van der Waals surface area contributed by atoms with Gasteiger partial charge in [0.25, 0.3) is 23.4 Å². The zero-order valence-electron chi connectivity index (χ0n) is 13.8. The van der Waals surface area contributed by atoms with E-state index < -0.39 is 47.0 Å². The van der Waals surface area contributed by atoms with Crippen LogP contribution in [0.3, 0.4) is 0 Å². The lowest BCUT2D eigenvalue weighted by molar-refractivity contribution is -0.385. The Bertz CT molecular complexity index is 831. The second-order valence-electron chi connectivity index (χ2n) is 6.07. The highest BCUT2D eigenvalue weighted by Crippen LogP contribution is 2.30. The summed E-state index contributed by atoms with van der Waals surface area (Å²) in [4.78, 5) is 59.3. The summed E-state index contributed by atoms with van der Waals surface area (Å²) in [6.07, 6.45) is 0.674. The number of fused-ring (bicyclic) bond motifs is 1. The van der Waals surface area contributed by atoms with Crippen molar-refractivity contribution in [1.82, 2.24) is 10.2 Å². The van der Waals surface area contributed by atoms with Gasteiger partial charge in [0.15, 0.2) is 6.10 Å². The van der Waals surface area contributed by atoms with Gasteiger partial charge in [-0.3, -0.25) is 34.2 Å². The predicted octanol–water partition coefficient (Wildman–Crippen LogP) is 0.401. The highest BCUT2D eigenvalue weighted by Gasteiger charge is 2.42. The number of hydrogen-bond acceptors (Lipinski definition) is 7. The summed E-state index contributed by atoms with van der Waals surface area (Å²) in [6.45, 7) is 0.646. The minimum absolute atomic E-state index is 0.0976. The molecule has 0 spiro atoms. The molecule has 10 nitrogen and oxygen atoms in total. The Labute approximate surface area is 147 Å². The fourth-order valence-corrected chi connectivity index (χ4v) is 2.57. The van der Waals surface area contributed by atoms with Crippen LogP contribution >= 0.6 is 0 Å². The summed E-state index contributed by atoms with van der Waals surface area (Å²) in [5.41, 5.74) is -1.000. The number of nitro benzene ring substituents is 1. The van der Waals surface area contributed by atoms with Gasteiger partial charge in [0.05, 0.1) is 10.5 Å². The first-order valence-electron chi connectivity index (χ1n) is 7.93. The molecule has 1 atom stereocenters. The minimum Gasteiger partial charge on any atom is -0.451 e. The van der Waals surface area contributed by atoms with E-state index in [1.165, 1.54) is 19.1 Å². The molecule has 1 saturated carbocycles. The van der Waals surface area contributed by atoms with Crippen LogP contribution in [0.5, 0.6) is 0 Å². The molecule has 0 bridgehead atoms. The van der Waals surface area contributed by atoms with Gasteiger partial charge in [0, 0.05) is 12.1 Å². The molecule has 1 aromatic rings. The van der Waals surface area contributed by atoms with Crippen LogP contribution in [0.1, 0.15) is 40.5 Å². The van der Waals surface area contributed by atoms with Crippen molar-refractivity contribution in [1.29, 1.82) is 0 Å². The number of ether oxygens (including phenoxy) is 1.